The van der Waals surface area contributed by atoms with Gasteiger partial charge in [0.1, 0.15) is 17.3 Å². The van der Waals surface area contributed by atoms with Crippen molar-refractivity contribution < 1.29 is 29.3 Å². The fourth-order valence-corrected chi connectivity index (χ4v) is 3.72. The maximum absolute atomic E-state index is 13.0. The molecule has 1 heterocycles. The van der Waals surface area contributed by atoms with Crippen molar-refractivity contribution in [3.8, 4) is 11.5 Å². The molecule has 32 heavy (non-hydrogen) atoms. The van der Waals surface area contributed by atoms with Gasteiger partial charge in [-0.3, -0.25) is 9.59 Å². The third kappa shape index (κ3) is 5.11. The van der Waals surface area contributed by atoms with Crippen LogP contribution in [-0.4, -0.2) is 53.7 Å². The van der Waals surface area contributed by atoms with Gasteiger partial charge in [-0.2, -0.15) is 0 Å². The summed E-state index contributed by atoms with van der Waals surface area (Å²) in [6.45, 7) is 3.35. The molecule has 3 rings (SSSR count). The number of benzene rings is 2. The van der Waals surface area contributed by atoms with Gasteiger partial charge in [-0.25, -0.2) is 0 Å². The molecule has 7 heteroatoms. The number of unbranched alkanes of at least 4 members (excludes halogenated alkanes) is 1. The van der Waals surface area contributed by atoms with Crippen LogP contribution < -0.4 is 4.74 Å². The normalized spacial score (nSPS) is 17.7. The number of phenolic OH excluding ortho intramolecular Hbond substituents is 1. The zero-order valence-electron chi connectivity index (χ0n) is 18.4. The molecule has 1 unspecified atom stereocenters. The first kappa shape index (κ1) is 23.3. The van der Waals surface area contributed by atoms with Crippen LogP contribution in [0.3, 0.4) is 0 Å². The first-order valence-corrected chi connectivity index (χ1v) is 10.8. The van der Waals surface area contributed by atoms with Crippen LogP contribution in [0.1, 0.15) is 43.4 Å². The number of rotatable bonds is 10. The lowest BCUT2D eigenvalue weighted by molar-refractivity contribution is -0.140. The standard InChI is InChI=1S/C25H29NO6/c1-3-4-15-32-20-8-5-7-18(16-20)23(28)21-22(17-9-11-19(27)12-10-17)26(13-6-14-31-2)25(30)24(21)29/h5,7-12,16,22,27-28H,3-4,6,13-15H2,1-2H3. The smallest absolute Gasteiger partial charge is 0.295 e. The number of ether oxygens (including phenoxy) is 2. The second-order valence-electron chi connectivity index (χ2n) is 7.66. The van der Waals surface area contributed by atoms with E-state index in [-0.39, 0.29) is 17.1 Å². The van der Waals surface area contributed by atoms with Gasteiger partial charge in [-0.1, -0.05) is 37.6 Å². The Kier molecular flexibility index (Phi) is 7.89. The number of methoxy groups -OCH3 is 1. The van der Waals surface area contributed by atoms with E-state index in [9.17, 15) is 19.8 Å². The van der Waals surface area contributed by atoms with Crippen molar-refractivity contribution in [2.45, 2.75) is 32.2 Å². The highest BCUT2D eigenvalue weighted by atomic mass is 16.5. The lowest BCUT2D eigenvalue weighted by Crippen LogP contribution is -2.31. The molecule has 0 aromatic heterocycles. The molecule has 1 amide bonds. The summed E-state index contributed by atoms with van der Waals surface area (Å²) < 4.78 is 10.8. The van der Waals surface area contributed by atoms with E-state index in [0.29, 0.717) is 43.1 Å². The van der Waals surface area contributed by atoms with Crippen LogP contribution in [0.25, 0.3) is 5.76 Å². The van der Waals surface area contributed by atoms with Gasteiger partial charge in [0.25, 0.3) is 11.7 Å². The molecular weight excluding hydrogens is 410 g/mol. The molecule has 170 valence electrons. The third-order valence-electron chi connectivity index (χ3n) is 5.37. The van der Waals surface area contributed by atoms with Gasteiger partial charge < -0.3 is 24.6 Å². The summed E-state index contributed by atoms with van der Waals surface area (Å²) in [7, 11) is 1.57. The number of carbonyl (C=O) groups is 2. The van der Waals surface area contributed by atoms with E-state index in [4.69, 9.17) is 9.47 Å². The highest BCUT2D eigenvalue weighted by molar-refractivity contribution is 6.46. The molecule has 1 aliphatic heterocycles. The SMILES string of the molecule is CCCCOc1cccc(C(O)=C2C(=O)C(=O)N(CCCOC)C2c2ccc(O)cc2)c1. The van der Waals surface area contributed by atoms with Gasteiger partial charge in [0.2, 0.25) is 0 Å². The summed E-state index contributed by atoms with van der Waals surface area (Å²) in [5.41, 5.74) is 1.04. The topological polar surface area (TPSA) is 96.3 Å². The minimum Gasteiger partial charge on any atom is -0.508 e. The van der Waals surface area contributed by atoms with Gasteiger partial charge in [0.15, 0.2) is 0 Å². The van der Waals surface area contributed by atoms with E-state index >= 15 is 0 Å². The van der Waals surface area contributed by atoms with E-state index in [1.165, 1.54) is 17.0 Å². The van der Waals surface area contributed by atoms with Crippen molar-refractivity contribution >= 4 is 17.4 Å². The predicted octanol–water partition coefficient (Wildman–Crippen LogP) is 4.03. The van der Waals surface area contributed by atoms with Gasteiger partial charge in [0, 0.05) is 25.8 Å². The zero-order valence-corrected chi connectivity index (χ0v) is 18.4. The Morgan fingerprint density at radius 2 is 1.81 bits per heavy atom. The highest BCUT2D eigenvalue weighted by Gasteiger charge is 2.45. The number of carbonyl (C=O) groups excluding carboxylic acids is 2. The number of aromatic hydroxyl groups is 1. The Morgan fingerprint density at radius 1 is 1.06 bits per heavy atom. The number of likely N-dealkylation sites (tertiary alicyclic amines) is 1. The van der Waals surface area contributed by atoms with Crippen molar-refractivity contribution in [3.63, 3.8) is 0 Å². The molecule has 1 atom stereocenters. The molecule has 2 aromatic carbocycles. The van der Waals surface area contributed by atoms with Crippen molar-refractivity contribution in [1.29, 1.82) is 0 Å². The second kappa shape index (κ2) is 10.8. The zero-order chi connectivity index (χ0) is 23.1. The van der Waals surface area contributed by atoms with E-state index in [1.54, 1.807) is 43.5 Å². The van der Waals surface area contributed by atoms with Crippen LogP contribution in [0.2, 0.25) is 0 Å². The van der Waals surface area contributed by atoms with Crippen LogP contribution in [0.4, 0.5) is 0 Å². The highest BCUT2D eigenvalue weighted by Crippen LogP contribution is 2.40. The maximum atomic E-state index is 13.0. The summed E-state index contributed by atoms with van der Waals surface area (Å²) in [6, 6.07) is 12.4. The van der Waals surface area contributed by atoms with Crippen LogP contribution >= 0.6 is 0 Å². The average Bonchev–Trinajstić information content (AvgIpc) is 3.05. The molecule has 0 radical (unpaired) electrons. The quantitative estimate of drug-likeness (QED) is 0.251. The number of nitrogens with zero attached hydrogens (tertiary/aromatic N) is 1. The number of phenols is 1. The summed E-state index contributed by atoms with van der Waals surface area (Å²) in [4.78, 5) is 27.3. The van der Waals surface area contributed by atoms with E-state index < -0.39 is 17.7 Å². The average molecular weight is 440 g/mol. The Balaban J connectivity index is 2.03. The summed E-state index contributed by atoms with van der Waals surface area (Å²) in [5.74, 6) is -1.01. The van der Waals surface area contributed by atoms with Gasteiger partial charge >= 0.3 is 0 Å². The lowest BCUT2D eigenvalue weighted by Gasteiger charge is -2.25. The van der Waals surface area contributed by atoms with Gasteiger partial charge in [-0.15, -0.1) is 0 Å². The second-order valence-corrected chi connectivity index (χ2v) is 7.66. The molecule has 0 bridgehead atoms. The van der Waals surface area contributed by atoms with Crippen LogP contribution in [0.5, 0.6) is 11.5 Å². The molecule has 1 aliphatic rings. The fraction of sp³-hybridized carbons (Fsp3) is 0.360. The fourth-order valence-electron chi connectivity index (χ4n) is 3.72. The first-order valence-electron chi connectivity index (χ1n) is 10.8. The number of hydrogen-bond donors (Lipinski definition) is 2. The van der Waals surface area contributed by atoms with Crippen LogP contribution in [0.15, 0.2) is 54.1 Å². The van der Waals surface area contributed by atoms with Crippen LogP contribution in [0, 0.1) is 0 Å². The molecule has 0 spiro atoms. The third-order valence-corrected chi connectivity index (χ3v) is 5.37. The molecule has 1 saturated heterocycles. The van der Waals surface area contributed by atoms with Crippen molar-refractivity contribution in [1.82, 2.24) is 4.90 Å². The largest absolute Gasteiger partial charge is 0.508 e. The number of ketones is 1. The number of aliphatic hydroxyl groups is 1. The van der Waals surface area contributed by atoms with Crippen molar-refractivity contribution in [2.24, 2.45) is 0 Å². The van der Waals surface area contributed by atoms with Crippen molar-refractivity contribution in [3.05, 3.63) is 65.2 Å². The molecule has 2 N–H and O–H groups in total. The molecular formula is C25H29NO6. The van der Waals surface area contributed by atoms with Gasteiger partial charge in [0.05, 0.1) is 18.2 Å². The van der Waals surface area contributed by atoms with Crippen LogP contribution in [-0.2, 0) is 14.3 Å². The molecule has 1 fully saturated rings. The Morgan fingerprint density at radius 3 is 2.50 bits per heavy atom. The monoisotopic (exact) mass is 439 g/mol. The Hall–Kier alpha value is -3.32. The number of aliphatic hydroxyl groups excluding tert-OH is 1. The predicted molar refractivity (Wildman–Crippen MR) is 120 cm³/mol. The molecule has 7 nitrogen and oxygen atoms in total. The number of Topliss-reactive ketones (excluding diaryl/α,β-unsaturated/α-hetero) is 1. The molecule has 0 aliphatic carbocycles. The first-order chi connectivity index (χ1) is 15.5. The number of hydrogen-bond acceptors (Lipinski definition) is 6. The van der Waals surface area contributed by atoms with Crippen molar-refractivity contribution in [2.75, 3.05) is 26.9 Å². The Bertz CT molecular complexity index is 982. The maximum Gasteiger partial charge on any atom is 0.295 e. The Labute approximate surface area is 187 Å². The minimum atomic E-state index is -0.767. The number of amides is 1. The van der Waals surface area contributed by atoms with E-state index in [2.05, 4.69) is 6.92 Å². The molecule has 0 saturated carbocycles. The van der Waals surface area contributed by atoms with E-state index in [0.717, 1.165) is 12.8 Å². The summed E-state index contributed by atoms with van der Waals surface area (Å²) in [6.07, 6.45) is 2.45. The van der Waals surface area contributed by atoms with Gasteiger partial charge in [-0.05, 0) is 42.7 Å². The minimum absolute atomic E-state index is 0.0174. The van der Waals surface area contributed by atoms with E-state index in [1.807, 2.05) is 0 Å². The molecule has 2 aromatic rings. The summed E-state index contributed by atoms with van der Waals surface area (Å²) in [5, 5.41) is 20.8. The summed E-state index contributed by atoms with van der Waals surface area (Å²) >= 11 is 0. The lowest BCUT2D eigenvalue weighted by atomic mass is 9.95.